The van der Waals surface area contributed by atoms with Gasteiger partial charge in [-0.1, -0.05) is 32.9 Å². The quantitative estimate of drug-likeness (QED) is 0.224. The van der Waals surface area contributed by atoms with Crippen LogP contribution in [0.25, 0.3) is 0 Å². The lowest BCUT2D eigenvalue weighted by Crippen LogP contribution is -2.22. The van der Waals surface area contributed by atoms with Gasteiger partial charge >= 0.3 is 0 Å². The van der Waals surface area contributed by atoms with Gasteiger partial charge in [-0.05, 0) is 117 Å². The fourth-order valence-corrected chi connectivity index (χ4v) is 6.48. The predicted molar refractivity (Wildman–Crippen MR) is 156 cm³/mol. The summed E-state index contributed by atoms with van der Waals surface area (Å²) < 4.78 is 63.9. The summed E-state index contributed by atoms with van der Waals surface area (Å²) in [6, 6.07) is 25.5. The van der Waals surface area contributed by atoms with Crippen molar-refractivity contribution in [1.82, 2.24) is 0 Å². The van der Waals surface area contributed by atoms with E-state index in [0.717, 1.165) is 5.56 Å². The zero-order chi connectivity index (χ0) is 29.3. The Kier molecular flexibility index (Phi) is 7.89. The number of hydrogen-bond donors (Lipinski definition) is 0. The van der Waals surface area contributed by atoms with Gasteiger partial charge < -0.3 is 9.47 Å². The Morgan fingerprint density at radius 1 is 0.450 bits per heavy atom. The summed E-state index contributed by atoms with van der Waals surface area (Å²) in [4.78, 5) is 0.668. The molecule has 0 fully saturated rings. The fraction of sp³-hybridized carbons (Fsp3) is 0.250. The standard InChI is InChI=1S/C32H34O6S2/c1-31(2,3)23-7-15-27(16-8-23)39(33,34)28-17-9-24(10-18-28)37-25-11-19-29(20-12-25)40(35,36)30-21-13-26(14-22-30)38-32(4,5)6/h7-22H,1-6H3. The lowest BCUT2D eigenvalue weighted by Gasteiger charge is -2.21. The number of ether oxygens (including phenoxy) is 2. The Balaban J connectivity index is 1.46. The molecule has 0 N–H and O–H groups in total. The SMILES string of the molecule is CC(C)(C)Oc1ccc(S(=O)(=O)c2ccc(Oc3ccc(S(=O)(=O)c4ccc(C(C)(C)C)cc4)cc3)cc2)cc1. The minimum Gasteiger partial charge on any atom is -0.488 e. The summed E-state index contributed by atoms with van der Waals surface area (Å²) in [6.45, 7) is 12.0. The molecule has 0 saturated carbocycles. The number of benzene rings is 4. The minimum atomic E-state index is -3.73. The third-order valence-corrected chi connectivity index (χ3v) is 9.66. The van der Waals surface area contributed by atoms with Gasteiger partial charge in [-0.3, -0.25) is 0 Å². The highest BCUT2D eigenvalue weighted by molar-refractivity contribution is 7.91. The summed E-state index contributed by atoms with van der Waals surface area (Å²) in [7, 11) is -7.41. The van der Waals surface area contributed by atoms with Crippen LogP contribution in [0.2, 0.25) is 0 Å². The van der Waals surface area contributed by atoms with Gasteiger partial charge in [0.25, 0.3) is 0 Å². The second-order valence-corrected chi connectivity index (χ2v) is 15.4. The molecule has 0 aliphatic rings. The van der Waals surface area contributed by atoms with E-state index in [1.807, 2.05) is 32.9 Å². The second-order valence-electron chi connectivity index (χ2n) is 11.5. The first-order valence-electron chi connectivity index (χ1n) is 12.8. The van der Waals surface area contributed by atoms with Gasteiger partial charge in [0.1, 0.15) is 22.8 Å². The molecule has 4 rings (SSSR count). The van der Waals surface area contributed by atoms with E-state index in [0.29, 0.717) is 17.2 Å². The van der Waals surface area contributed by atoms with Crippen LogP contribution < -0.4 is 9.47 Å². The molecule has 8 heteroatoms. The van der Waals surface area contributed by atoms with Crippen LogP contribution >= 0.6 is 0 Å². The van der Waals surface area contributed by atoms with Gasteiger partial charge in [-0.25, -0.2) is 16.8 Å². The lowest BCUT2D eigenvalue weighted by molar-refractivity contribution is 0.131. The van der Waals surface area contributed by atoms with Crippen LogP contribution in [-0.2, 0) is 25.1 Å². The average molecular weight is 579 g/mol. The zero-order valence-corrected chi connectivity index (χ0v) is 25.1. The van der Waals surface area contributed by atoms with Crippen molar-refractivity contribution in [1.29, 1.82) is 0 Å². The Morgan fingerprint density at radius 3 is 1.05 bits per heavy atom. The smallest absolute Gasteiger partial charge is 0.206 e. The summed E-state index contributed by atoms with van der Waals surface area (Å²) in [5, 5.41) is 0. The predicted octanol–water partition coefficient (Wildman–Crippen LogP) is 7.62. The third kappa shape index (κ3) is 6.74. The first kappa shape index (κ1) is 29.4. The van der Waals surface area contributed by atoms with Crippen LogP contribution in [0.15, 0.2) is 117 Å². The molecule has 0 heterocycles. The summed E-state index contributed by atoms with van der Waals surface area (Å²) >= 11 is 0. The Labute approximate surface area is 237 Å². The van der Waals surface area contributed by atoms with E-state index in [9.17, 15) is 16.8 Å². The Bertz CT molecular complexity index is 1670. The van der Waals surface area contributed by atoms with E-state index in [1.165, 1.54) is 36.4 Å². The van der Waals surface area contributed by atoms with Crippen molar-refractivity contribution in [3.8, 4) is 17.2 Å². The molecule has 6 nitrogen and oxygen atoms in total. The van der Waals surface area contributed by atoms with Gasteiger partial charge in [0.2, 0.25) is 19.7 Å². The van der Waals surface area contributed by atoms with Crippen LogP contribution in [0.3, 0.4) is 0 Å². The first-order chi connectivity index (χ1) is 18.6. The van der Waals surface area contributed by atoms with Crippen molar-refractivity contribution in [2.75, 3.05) is 0 Å². The maximum atomic E-state index is 13.1. The van der Waals surface area contributed by atoms with Crippen LogP contribution in [0, 0.1) is 0 Å². The fourth-order valence-electron chi connectivity index (χ4n) is 3.96. The minimum absolute atomic E-state index is 0.0728. The van der Waals surface area contributed by atoms with Crippen molar-refractivity contribution >= 4 is 19.7 Å². The van der Waals surface area contributed by atoms with Crippen molar-refractivity contribution in [2.24, 2.45) is 0 Å². The Morgan fingerprint density at radius 2 is 0.750 bits per heavy atom. The molecule has 4 aromatic rings. The number of hydrogen-bond acceptors (Lipinski definition) is 6. The molecule has 0 aliphatic carbocycles. The van der Waals surface area contributed by atoms with Crippen LogP contribution in [0.5, 0.6) is 17.2 Å². The maximum Gasteiger partial charge on any atom is 0.206 e. The molecule has 0 spiro atoms. The average Bonchev–Trinajstić information content (AvgIpc) is 2.88. The van der Waals surface area contributed by atoms with Crippen molar-refractivity contribution in [3.05, 3.63) is 103 Å². The normalized spacial score (nSPS) is 12.7. The molecular weight excluding hydrogens is 544 g/mol. The van der Waals surface area contributed by atoms with Gasteiger partial charge in [-0.15, -0.1) is 0 Å². The molecular formula is C32H34O6S2. The van der Waals surface area contributed by atoms with Crippen LogP contribution in [0.4, 0.5) is 0 Å². The summed E-state index contributed by atoms with van der Waals surface area (Å²) in [5.74, 6) is 1.43. The van der Waals surface area contributed by atoms with Gasteiger partial charge in [0.15, 0.2) is 0 Å². The van der Waals surface area contributed by atoms with E-state index < -0.39 is 19.7 Å². The van der Waals surface area contributed by atoms with Gasteiger partial charge in [0, 0.05) is 0 Å². The molecule has 0 atom stereocenters. The largest absolute Gasteiger partial charge is 0.488 e. The van der Waals surface area contributed by atoms with Crippen molar-refractivity contribution in [2.45, 2.75) is 72.1 Å². The molecule has 0 amide bonds. The highest BCUT2D eigenvalue weighted by Gasteiger charge is 2.21. The maximum absolute atomic E-state index is 13.1. The highest BCUT2D eigenvalue weighted by Crippen LogP contribution is 2.30. The molecule has 0 radical (unpaired) electrons. The molecule has 210 valence electrons. The summed E-state index contributed by atoms with van der Waals surface area (Å²) in [5.41, 5.74) is 0.595. The molecule has 0 saturated heterocycles. The van der Waals surface area contributed by atoms with Gasteiger partial charge in [0.05, 0.1) is 19.6 Å². The molecule has 0 bridgehead atoms. The lowest BCUT2D eigenvalue weighted by atomic mass is 9.87. The van der Waals surface area contributed by atoms with Crippen molar-refractivity contribution < 1.29 is 26.3 Å². The van der Waals surface area contributed by atoms with Crippen LogP contribution in [-0.4, -0.2) is 22.4 Å². The van der Waals surface area contributed by atoms with E-state index in [4.69, 9.17) is 9.47 Å². The molecule has 40 heavy (non-hydrogen) atoms. The summed E-state index contributed by atoms with van der Waals surface area (Å²) in [6.07, 6.45) is 0. The van der Waals surface area contributed by atoms with E-state index >= 15 is 0 Å². The number of rotatable bonds is 7. The second kappa shape index (κ2) is 10.7. The molecule has 4 aromatic carbocycles. The van der Waals surface area contributed by atoms with E-state index in [-0.39, 0.29) is 30.6 Å². The van der Waals surface area contributed by atoms with Crippen molar-refractivity contribution in [3.63, 3.8) is 0 Å². The van der Waals surface area contributed by atoms with E-state index in [2.05, 4.69) is 20.8 Å². The van der Waals surface area contributed by atoms with Crippen LogP contribution in [0.1, 0.15) is 47.1 Å². The zero-order valence-electron chi connectivity index (χ0n) is 23.5. The first-order valence-corrected chi connectivity index (χ1v) is 15.8. The molecule has 0 unspecified atom stereocenters. The third-order valence-electron chi connectivity index (χ3n) is 6.09. The molecule has 0 aromatic heterocycles. The molecule has 0 aliphatic heterocycles. The monoisotopic (exact) mass is 578 g/mol. The van der Waals surface area contributed by atoms with E-state index in [1.54, 1.807) is 48.5 Å². The highest BCUT2D eigenvalue weighted by atomic mass is 32.2. The topological polar surface area (TPSA) is 86.7 Å². The number of sulfone groups is 2. The Hall–Kier alpha value is -3.62. The van der Waals surface area contributed by atoms with Gasteiger partial charge in [-0.2, -0.15) is 0 Å².